The van der Waals surface area contributed by atoms with Gasteiger partial charge in [0.05, 0.1) is 30.3 Å². The lowest BCUT2D eigenvalue weighted by molar-refractivity contribution is 0.189. The van der Waals surface area contributed by atoms with Crippen LogP contribution in [0.4, 0.5) is 16.2 Å². The van der Waals surface area contributed by atoms with Crippen molar-refractivity contribution in [2.45, 2.75) is 52.1 Å². The molecular weight excluding hydrogens is 500 g/mol. The second-order valence-electron chi connectivity index (χ2n) is 11.2. The van der Waals surface area contributed by atoms with Gasteiger partial charge in [-0.2, -0.15) is 0 Å². The lowest BCUT2D eigenvalue weighted by Crippen LogP contribution is -2.28. The number of aromatic nitrogens is 1. The minimum absolute atomic E-state index is 0.0574. The Morgan fingerprint density at radius 1 is 1.00 bits per heavy atom. The summed E-state index contributed by atoms with van der Waals surface area (Å²) in [7, 11) is 0. The Morgan fingerprint density at radius 2 is 1.80 bits per heavy atom. The van der Waals surface area contributed by atoms with E-state index in [4.69, 9.17) is 14.5 Å². The molecule has 7 nitrogen and oxygen atoms in total. The van der Waals surface area contributed by atoms with Gasteiger partial charge in [-0.25, -0.2) is 4.79 Å². The molecule has 3 aromatic carbocycles. The van der Waals surface area contributed by atoms with Crippen LogP contribution in [0.1, 0.15) is 45.4 Å². The summed E-state index contributed by atoms with van der Waals surface area (Å²) in [6.07, 6.45) is 2.96. The molecule has 2 amide bonds. The van der Waals surface area contributed by atoms with Crippen molar-refractivity contribution in [3.63, 3.8) is 0 Å². The first-order valence-electron chi connectivity index (χ1n) is 14.0. The number of anilines is 2. The summed E-state index contributed by atoms with van der Waals surface area (Å²) >= 11 is 0. The number of rotatable bonds is 8. The van der Waals surface area contributed by atoms with Crippen molar-refractivity contribution in [1.29, 1.82) is 0 Å². The van der Waals surface area contributed by atoms with Crippen LogP contribution in [-0.4, -0.2) is 36.9 Å². The smallest absolute Gasteiger partial charge is 0.323 e. The fourth-order valence-corrected chi connectivity index (χ4v) is 4.94. The summed E-state index contributed by atoms with van der Waals surface area (Å²) in [4.78, 5) is 17.9. The van der Waals surface area contributed by atoms with Crippen LogP contribution in [0.5, 0.6) is 5.75 Å². The Hall–Kier alpha value is -3.94. The SMILES string of the molecule is CCOc1ccc(C(C)(C)C)cc1NC(=O)Nc1ccc(-c2ccc(CNC3CCOC3)nc2)c2ccccc12. The van der Waals surface area contributed by atoms with Gasteiger partial charge >= 0.3 is 6.03 Å². The first-order valence-corrected chi connectivity index (χ1v) is 14.0. The van der Waals surface area contributed by atoms with Gasteiger partial charge in [-0.1, -0.05) is 63.2 Å². The van der Waals surface area contributed by atoms with E-state index >= 15 is 0 Å². The van der Waals surface area contributed by atoms with Crippen molar-refractivity contribution in [3.8, 4) is 16.9 Å². The molecule has 0 radical (unpaired) electrons. The average Bonchev–Trinajstić information content (AvgIpc) is 3.47. The maximum absolute atomic E-state index is 13.2. The first kappa shape index (κ1) is 27.6. The predicted molar refractivity (Wildman–Crippen MR) is 162 cm³/mol. The quantitative estimate of drug-likeness (QED) is 0.222. The highest BCUT2D eigenvalue weighted by Crippen LogP contribution is 2.34. The number of urea groups is 1. The Bertz CT molecular complexity index is 1470. The van der Waals surface area contributed by atoms with E-state index in [2.05, 4.69) is 54.9 Å². The Kier molecular flexibility index (Phi) is 8.33. The Morgan fingerprint density at radius 3 is 2.50 bits per heavy atom. The molecule has 1 unspecified atom stereocenters. The van der Waals surface area contributed by atoms with Gasteiger partial charge in [-0.15, -0.1) is 0 Å². The fourth-order valence-electron chi connectivity index (χ4n) is 4.94. The number of pyridine rings is 1. The third-order valence-electron chi connectivity index (χ3n) is 7.20. The molecule has 1 atom stereocenters. The number of hydrogen-bond acceptors (Lipinski definition) is 5. The van der Waals surface area contributed by atoms with E-state index in [1.165, 1.54) is 0 Å². The molecule has 0 spiro atoms. The number of nitrogens with zero attached hydrogens (tertiary/aromatic N) is 1. The van der Waals surface area contributed by atoms with Crippen LogP contribution in [0.3, 0.4) is 0 Å². The third kappa shape index (κ3) is 6.43. The molecular formula is C33H38N4O3. The Labute approximate surface area is 236 Å². The number of carbonyl (C=O) groups excluding carboxylic acids is 1. The molecule has 208 valence electrons. The highest BCUT2D eigenvalue weighted by Gasteiger charge is 2.18. The summed E-state index contributed by atoms with van der Waals surface area (Å²) in [6, 6.07) is 22.3. The van der Waals surface area contributed by atoms with E-state index in [0.29, 0.717) is 24.1 Å². The molecule has 0 saturated carbocycles. The number of ether oxygens (including phenoxy) is 2. The van der Waals surface area contributed by atoms with Crippen LogP contribution < -0.4 is 20.7 Å². The molecule has 40 heavy (non-hydrogen) atoms. The zero-order valence-corrected chi connectivity index (χ0v) is 23.7. The molecule has 3 N–H and O–H groups in total. The van der Waals surface area contributed by atoms with Crippen molar-refractivity contribution < 1.29 is 14.3 Å². The molecule has 1 saturated heterocycles. The molecule has 4 aromatic rings. The average molecular weight is 539 g/mol. The van der Waals surface area contributed by atoms with Gasteiger partial charge in [-0.05, 0) is 59.5 Å². The minimum Gasteiger partial charge on any atom is -0.492 e. The van der Waals surface area contributed by atoms with Crippen LogP contribution >= 0.6 is 0 Å². The monoisotopic (exact) mass is 538 g/mol. The second kappa shape index (κ2) is 12.1. The van der Waals surface area contributed by atoms with E-state index in [9.17, 15) is 4.79 Å². The summed E-state index contributed by atoms with van der Waals surface area (Å²) < 4.78 is 11.2. The summed E-state index contributed by atoms with van der Waals surface area (Å²) in [5.41, 5.74) is 5.52. The standard InChI is InChI=1S/C33H38N4O3/c1-5-40-31-15-11-23(33(2,3)4)18-30(31)37-32(38)36-29-14-13-26(27-8-6-7-9-28(27)29)22-10-12-24(34-19-22)20-35-25-16-17-39-21-25/h6-15,18-19,25,35H,5,16-17,20-21H2,1-4H3,(H2,36,37,38). The number of amides is 2. The van der Waals surface area contributed by atoms with Crippen LogP contribution in [-0.2, 0) is 16.7 Å². The fraction of sp³-hybridized carbons (Fsp3) is 0.333. The molecule has 1 fully saturated rings. The van der Waals surface area contributed by atoms with Crippen molar-refractivity contribution >= 4 is 28.2 Å². The summed E-state index contributed by atoms with van der Waals surface area (Å²) in [5.74, 6) is 0.647. The van der Waals surface area contributed by atoms with E-state index in [1.54, 1.807) is 0 Å². The first-order chi connectivity index (χ1) is 19.3. The zero-order chi connectivity index (χ0) is 28.1. The molecule has 2 heterocycles. The molecule has 5 rings (SSSR count). The normalized spacial score (nSPS) is 15.2. The van der Waals surface area contributed by atoms with Crippen LogP contribution in [0.15, 0.2) is 72.9 Å². The van der Waals surface area contributed by atoms with E-state index in [-0.39, 0.29) is 11.4 Å². The maximum Gasteiger partial charge on any atom is 0.323 e. The van der Waals surface area contributed by atoms with Crippen molar-refractivity contribution in [2.24, 2.45) is 0 Å². The van der Waals surface area contributed by atoms with Crippen molar-refractivity contribution in [1.82, 2.24) is 10.3 Å². The zero-order valence-electron chi connectivity index (χ0n) is 23.7. The molecule has 1 aliphatic heterocycles. The van der Waals surface area contributed by atoms with E-state index in [1.807, 2.05) is 61.7 Å². The van der Waals surface area contributed by atoms with Gasteiger partial charge in [0.25, 0.3) is 0 Å². The number of fused-ring (bicyclic) bond motifs is 1. The number of benzene rings is 3. The van der Waals surface area contributed by atoms with Crippen LogP contribution in [0.25, 0.3) is 21.9 Å². The molecule has 7 heteroatoms. The summed E-state index contributed by atoms with van der Waals surface area (Å²) in [5, 5.41) is 11.6. The largest absolute Gasteiger partial charge is 0.492 e. The van der Waals surface area contributed by atoms with Crippen molar-refractivity contribution in [2.75, 3.05) is 30.5 Å². The molecule has 1 aromatic heterocycles. The third-order valence-corrected chi connectivity index (χ3v) is 7.20. The number of nitrogens with one attached hydrogen (secondary N) is 3. The highest BCUT2D eigenvalue weighted by atomic mass is 16.5. The highest BCUT2D eigenvalue weighted by molar-refractivity contribution is 6.10. The van der Waals surface area contributed by atoms with Crippen LogP contribution in [0, 0.1) is 0 Å². The van der Waals surface area contributed by atoms with Crippen LogP contribution in [0.2, 0.25) is 0 Å². The topological polar surface area (TPSA) is 84.5 Å². The van der Waals surface area contributed by atoms with Gasteiger partial charge in [0, 0.05) is 36.3 Å². The lowest BCUT2D eigenvalue weighted by atomic mass is 9.87. The number of carbonyl (C=O) groups is 1. The minimum atomic E-state index is -0.323. The molecule has 0 bridgehead atoms. The van der Waals surface area contributed by atoms with Gasteiger partial charge < -0.3 is 25.4 Å². The second-order valence-corrected chi connectivity index (χ2v) is 11.2. The van der Waals surface area contributed by atoms with Gasteiger partial charge in [0.15, 0.2) is 0 Å². The summed E-state index contributed by atoms with van der Waals surface area (Å²) in [6.45, 7) is 11.2. The van der Waals surface area contributed by atoms with E-state index in [0.717, 1.165) is 65.0 Å². The lowest BCUT2D eigenvalue weighted by Gasteiger charge is -2.22. The Balaban J connectivity index is 1.35. The van der Waals surface area contributed by atoms with Gasteiger partial charge in [0.2, 0.25) is 0 Å². The van der Waals surface area contributed by atoms with Crippen molar-refractivity contribution in [3.05, 3.63) is 84.2 Å². The maximum atomic E-state index is 13.2. The molecule has 0 aliphatic carbocycles. The van der Waals surface area contributed by atoms with Gasteiger partial charge in [-0.3, -0.25) is 4.98 Å². The van der Waals surface area contributed by atoms with Gasteiger partial charge in [0.1, 0.15) is 5.75 Å². The predicted octanol–water partition coefficient (Wildman–Crippen LogP) is 7.12. The molecule has 1 aliphatic rings. The van der Waals surface area contributed by atoms with E-state index < -0.39 is 0 Å². The number of hydrogen-bond donors (Lipinski definition) is 3.